The minimum Gasteiger partial charge on any atom is -0.387 e. The Kier molecular flexibility index (Phi) is 4.78. The van der Waals surface area contributed by atoms with Gasteiger partial charge >= 0.3 is 0 Å². The van der Waals surface area contributed by atoms with E-state index in [1.54, 1.807) is 28.4 Å². The lowest BCUT2D eigenvalue weighted by Gasteiger charge is -2.25. The lowest BCUT2D eigenvalue weighted by molar-refractivity contribution is -0.132. The summed E-state index contributed by atoms with van der Waals surface area (Å²) in [4.78, 5) is 16.6. The monoisotopic (exact) mass is 333 g/mol. The first-order chi connectivity index (χ1) is 11.0. The van der Waals surface area contributed by atoms with Crippen LogP contribution in [0.25, 0.3) is 0 Å². The van der Waals surface area contributed by atoms with Crippen molar-refractivity contribution in [2.45, 2.75) is 38.3 Å². The van der Waals surface area contributed by atoms with Crippen molar-refractivity contribution in [1.82, 2.24) is 4.90 Å². The van der Waals surface area contributed by atoms with Crippen LogP contribution >= 0.6 is 11.3 Å². The number of hydrogen-bond donors (Lipinski definition) is 1. The third-order valence-corrected chi connectivity index (χ3v) is 5.05. The maximum Gasteiger partial charge on any atom is 0.228 e. The minimum atomic E-state index is -0.787. The van der Waals surface area contributed by atoms with Crippen molar-refractivity contribution < 1.29 is 14.3 Å². The van der Waals surface area contributed by atoms with Crippen LogP contribution in [0.15, 0.2) is 36.4 Å². The van der Waals surface area contributed by atoms with Gasteiger partial charge in [-0.15, -0.1) is 11.3 Å². The van der Waals surface area contributed by atoms with Gasteiger partial charge < -0.3 is 10.0 Å². The van der Waals surface area contributed by atoms with Crippen LogP contribution in [0.1, 0.15) is 34.3 Å². The highest BCUT2D eigenvalue weighted by Gasteiger charge is 2.34. The van der Waals surface area contributed by atoms with Gasteiger partial charge in [0, 0.05) is 15.8 Å². The van der Waals surface area contributed by atoms with Gasteiger partial charge in [-0.3, -0.25) is 4.79 Å². The molecule has 1 saturated carbocycles. The van der Waals surface area contributed by atoms with Crippen molar-refractivity contribution >= 4 is 17.2 Å². The first-order valence-corrected chi connectivity index (χ1v) is 8.63. The predicted octanol–water partition coefficient (Wildman–Crippen LogP) is 3.46. The summed E-state index contributed by atoms with van der Waals surface area (Å²) in [5.74, 6) is -0.278. The summed E-state index contributed by atoms with van der Waals surface area (Å²) in [6, 6.07) is 10.0. The van der Waals surface area contributed by atoms with Crippen molar-refractivity contribution in [3.05, 3.63) is 57.5 Å². The van der Waals surface area contributed by atoms with Gasteiger partial charge in [-0.1, -0.05) is 12.1 Å². The van der Waals surface area contributed by atoms with Crippen molar-refractivity contribution in [3.63, 3.8) is 0 Å². The molecule has 1 aromatic heterocycles. The molecule has 23 heavy (non-hydrogen) atoms. The number of hydrogen-bond acceptors (Lipinski definition) is 3. The largest absolute Gasteiger partial charge is 0.387 e. The maximum atomic E-state index is 13.0. The lowest BCUT2D eigenvalue weighted by atomic mass is 10.1. The average Bonchev–Trinajstić information content (AvgIpc) is 3.28. The molecule has 122 valence electrons. The van der Waals surface area contributed by atoms with E-state index in [2.05, 4.69) is 0 Å². The molecule has 1 aliphatic rings. The maximum absolute atomic E-state index is 13.0. The number of rotatable bonds is 6. The fourth-order valence-corrected chi connectivity index (χ4v) is 3.53. The summed E-state index contributed by atoms with van der Waals surface area (Å²) in [7, 11) is 0. The zero-order valence-corrected chi connectivity index (χ0v) is 13.9. The number of aliphatic hydroxyl groups is 1. The van der Waals surface area contributed by atoms with Gasteiger partial charge in [0.15, 0.2) is 0 Å². The highest BCUT2D eigenvalue weighted by Crippen LogP contribution is 2.30. The molecule has 1 N–H and O–H groups in total. The van der Waals surface area contributed by atoms with Crippen LogP contribution in [-0.2, 0) is 11.2 Å². The molecule has 0 bridgehead atoms. The molecule has 5 heteroatoms. The highest BCUT2D eigenvalue weighted by molar-refractivity contribution is 7.12. The van der Waals surface area contributed by atoms with Crippen molar-refractivity contribution in [3.8, 4) is 0 Å². The summed E-state index contributed by atoms with van der Waals surface area (Å²) in [6.07, 6.45) is 1.58. The first kappa shape index (κ1) is 16.1. The topological polar surface area (TPSA) is 40.5 Å². The van der Waals surface area contributed by atoms with Crippen molar-refractivity contribution in [1.29, 1.82) is 0 Å². The number of halogens is 1. The number of carbonyl (C=O) groups excluding carboxylic acids is 1. The smallest absolute Gasteiger partial charge is 0.228 e. The van der Waals surface area contributed by atoms with Crippen LogP contribution < -0.4 is 0 Å². The molecule has 1 aliphatic carbocycles. The molecule has 1 fully saturated rings. The molecule has 1 amide bonds. The second-order valence-electron chi connectivity index (χ2n) is 6.03. The molecule has 1 aromatic carbocycles. The predicted molar refractivity (Wildman–Crippen MR) is 88.9 cm³/mol. The average molecular weight is 333 g/mol. The summed E-state index contributed by atoms with van der Waals surface area (Å²) in [5.41, 5.74) is 0.636. The molecule has 0 saturated heterocycles. The summed E-state index contributed by atoms with van der Waals surface area (Å²) >= 11 is 1.63. The zero-order valence-electron chi connectivity index (χ0n) is 13.0. The lowest BCUT2D eigenvalue weighted by Crippen LogP contribution is -2.37. The Labute approximate surface area is 139 Å². The number of aryl methyl sites for hydroxylation is 1. The molecule has 0 spiro atoms. The number of carbonyl (C=O) groups is 1. The number of aliphatic hydroxyl groups excluding tert-OH is 1. The molecule has 2 aromatic rings. The Bertz CT molecular complexity index is 679. The normalized spacial score (nSPS) is 15.4. The van der Waals surface area contributed by atoms with E-state index in [1.807, 2.05) is 19.1 Å². The SMILES string of the molecule is Cc1ccc(CC(=O)N(CC(O)c2ccc(F)cc2)C2CC2)s1. The number of amides is 1. The van der Waals surface area contributed by atoms with Crippen LogP contribution in [0.5, 0.6) is 0 Å². The fraction of sp³-hybridized carbons (Fsp3) is 0.389. The quantitative estimate of drug-likeness (QED) is 0.879. The van der Waals surface area contributed by atoms with E-state index >= 15 is 0 Å². The summed E-state index contributed by atoms with van der Waals surface area (Å²) in [5, 5.41) is 10.4. The van der Waals surface area contributed by atoms with Gasteiger partial charge in [-0.25, -0.2) is 4.39 Å². The third kappa shape index (κ3) is 4.18. The van der Waals surface area contributed by atoms with E-state index in [1.165, 1.54) is 17.0 Å². The number of nitrogens with zero attached hydrogens (tertiary/aromatic N) is 1. The Balaban J connectivity index is 1.66. The van der Waals surface area contributed by atoms with Gasteiger partial charge in [0.05, 0.1) is 19.1 Å². The minimum absolute atomic E-state index is 0.0514. The molecule has 3 rings (SSSR count). The number of benzene rings is 1. The second-order valence-corrected chi connectivity index (χ2v) is 7.41. The highest BCUT2D eigenvalue weighted by atomic mass is 32.1. The Morgan fingerprint density at radius 2 is 2.00 bits per heavy atom. The van der Waals surface area contributed by atoms with Crippen LogP contribution in [0, 0.1) is 12.7 Å². The second kappa shape index (κ2) is 6.81. The van der Waals surface area contributed by atoms with Crippen LogP contribution in [0.3, 0.4) is 0 Å². The van der Waals surface area contributed by atoms with E-state index in [0.29, 0.717) is 12.0 Å². The molecule has 3 nitrogen and oxygen atoms in total. The first-order valence-electron chi connectivity index (χ1n) is 7.81. The Morgan fingerprint density at radius 1 is 1.30 bits per heavy atom. The van der Waals surface area contributed by atoms with Crippen LogP contribution in [0.4, 0.5) is 4.39 Å². The van der Waals surface area contributed by atoms with Crippen molar-refractivity contribution in [2.24, 2.45) is 0 Å². The molecule has 1 atom stereocenters. The standard InChI is InChI=1S/C18H20FNO2S/c1-12-2-9-16(23-12)10-18(22)20(15-7-8-15)11-17(21)13-3-5-14(19)6-4-13/h2-6,9,15,17,21H,7-8,10-11H2,1H3. The number of thiophene rings is 1. The van der Waals surface area contributed by atoms with E-state index in [0.717, 1.165) is 17.7 Å². The molecule has 0 aliphatic heterocycles. The summed E-state index contributed by atoms with van der Waals surface area (Å²) in [6.45, 7) is 2.29. The van der Waals surface area contributed by atoms with Crippen molar-refractivity contribution in [2.75, 3.05) is 6.54 Å². The van der Waals surface area contributed by atoms with Gasteiger partial charge in [-0.05, 0) is 49.6 Å². The van der Waals surface area contributed by atoms with Gasteiger partial charge in [0.2, 0.25) is 5.91 Å². The van der Waals surface area contributed by atoms with E-state index in [9.17, 15) is 14.3 Å². The fourth-order valence-electron chi connectivity index (χ4n) is 2.65. The van der Waals surface area contributed by atoms with Crippen LogP contribution in [-0.4, -0.2) is 28.5 Å². The van der Waals surface area contributed by atoms with Crippen LogP contribution in [0.2, 0.25) is 0 Å². The zero-order chi connectivity index (χ0) is 16.4. The molecule has 1 unspecified atom stereocenters. The van der Waals surface area contributed by atoms with Gasteiger partial charge in [0.1, 0.15) is 5.82 Å². The molecule has 1 heterocycles. The third-order valence-electron chi connectivity index (χ3n) is 4.05. The van der Waals surface area contributed by atoms with Gasteiger partial charge in [-0.2, -0.15) is 0 Å². The summed E-state index contributed by atoms with van der Waals surface area (Å²) < 4.78 is 13.0. The molecular formula is C18H20FNO2S. The van der Waals surface area contributed by atoms with E-state index in [-0.39, 0.29) is 24.3 Å². The Morgan fingerprint density at radius 3 is 2.57 bits per heavy atom. The van der Waals surface area contributed by atoms with Gasteiger partial charge in [0.25, 0.3) is 0 Å². The molecular weight excluding hydrogens is 313 g/mol. The Hall–Kier alpha value is -1.72. The molecule has 0 radical (unpaired) electrons. The van der Waals surface area contributed by atoms with E-state index < -0.39 is 6.10 Å². The van der Waals surface area contributed by atoms with E-state index in [4.69, 9.17) is 0 Å².